The molecule has 0 saturated heterocycles. The van der Waals surface area contributed by atoms with Crippen LogP contribution in [0.1, 0.15) is 11.1 Å². The first kappa shape index (κ1) is 11.7. The highest BCUT2D eigenvalue weighted by molar-refractivity contribution is 7.80. The van der Waals surface area contributed by atoms with Crippen LogP contribution in [-0.4, -0.2) is 14.8 Å². The molecule has 6 heteroatoms. The molecule has 2 aromatic rings. The van der Waals surface area contributed by atoms with Gasteiger partial charge in [0.15, 0.2) is 11.6 Å². The van der Waals surface area contributed by atoms with Crippen LogP contribution in [-0.2, 0) is 0 Å². The molecule has 2 N–H and O–H groups in total. The standard InChI is InChI=1S/C11H9F2N3S/c1-6-4-15-16(5-6)10-8(12)2-7(11(14)17)3-9(10)13/h2-5H,1H3,(H2,14,17). The second kappa shape index (κ2) is 4.21. The van der Waals surface area contributed by atoms with E-state index in [2.05, 4.69) is 17.3 Å². The van der Waals surface area contributed by atoms with E-state index in [0.29, 0.717) is 0 Å². The second-order valence-electron chi connectivity index (χ2n) is 3.62. The third-order valence-electron chi connectivity index (χ3n) is 2.24. The quantitative estimate of drug-likeness (QED) is 0.833. The maximum Gasteiger partial charge on any atom is 0.152 e. The van der Waals surface area contributed by atoms with Crippen molar-refractivity contribution in [3.63, 3.8) is 0 Å². The third-order valence-corrected chi connectivity index (χ3v) is 2.48. The van der Waals surface area contributed by atoms with E-state index in [9.17, 15) is 8.78 Å². The number of hydrogen-bond acceptors (Lipinski definition) is 2. The molecule has 0 spiro atoms. The summed E-state index contributed by atoms with van der Waals surface area (Å²) in [5, 5.41) is 3.85. The summed E-state index contributed by atoms with van der Waals surface area (Å²) in [6.07, 6.45) is 3.04. The Morgan fingerprint density at radius 3 is 2.35 bits per heavy atom. The van der Waals surface area contributed by atoms with Crippen molar-refractivity contribution in [3.05, 3.63) is 47.3 Å². The zero-order valence-corrected chi connectivity index (χ0v) is 9.76. The highest BCUT2D eigenvalue weighted by Crippen LogP contribution is 2.19. The van der Waals surface area contributed by atoms with Crippen LogP contribution < -0.4 is 5.73 Å². The van der Waals surface area contributed by atoms with Crippen LogP contribution in [0, 0.1) is 18.6 Å². The molecule has 0 amide bonds. The topological polar surface area (TPSA) is 43.8 Å². The van der Waals surface area contributed by atoms with Crippen LogP contribution >= 0.6 is 12.2 Å². The van der Waals surface area contributed by atoms with E-state index >= 15 is 0 Å². The van der Waals surface area contributed by atoms with Gasteiger partial charge in [-0.15, -0.1) is 0 Å². The first-order valence-electron chi connectivity index (χ1n) is 4.79. The molecule has 1 heterocycles. The molecule has 0 aliphatic heterocycles. The van der Waals surface area contributed by atoms with Crippen molar-refractivity contribution in [1.29, 1.82) is 0 Å². The van der Waals surface area contributed by atoms with Crippen molar-refractivity contribution in [2.75, 3.05) is 0 Å². The van der Waals surface area contributed by atoms with Crippen molar-refractivity contribution < 1.29 is 8.78 Å². The Balaban J connectivity index is 2.60. The molecule has 0 saturated carbocycles. The van der Waals surface area contributed by atoms with E-state index in [1.165, 1.54) is 12.4 Å². The smallest absolute Gasteiger partial charge is 0.152 e. The number of hydrogen-bond donors (Lipinski definition) is 1. The van der Waals surface area contributed by atoms with Crippen LogP contribution in [0.4, 0.5) is 8.78 Å². The molecule has 3 nitrogen and oxygen atoms in total. The minimum atomic E-state index is -0.754. The number of halogens is 2. The number of aromatic nitrogens is 2. The lowest BCUT2D eigenvalue weighted by molar-refractivity contribution is 0.559. The highest BCUT2D eigenvalue weighted by Gasteiger charge is 2.14. The lowest BCUT2D eigenvalue weighted by atomic mass is 10.2. The molecule has 2 rings (SSSR count). The summed E-state index contributed by atoms with van der Waals surface area (Å²) >= 11 is 4.67. The fourth-order valence-electron chi connectivity index (χ4n) is 1.46. The normalized spacial score (nSPS) is 10.5. The average Bonchev–Trinajstić information content (AvgIpc) is 2.63. The van der Waals surface area contributed by atoms with E-state index in [4.69, 9.17) is 5.73 Å². The number of aryl methyl sites for hydroxylation is 1. The van der Waals surface area contributed by atoms with Crippen LogP contribution in [0.15, 0.2) is 24.5 Å². The summed E-state index contributed by atoms with van der Waals surface area (Å²) in [5.74, 6) is -1.51. The van der Waals surface area contributed by atoms with Crippen molar-refractivity contribution >= 4 is 17.2 Å². The minimum absolute atomic E-state index is 0.0500. The molecule has 1 aromatic carbocycles. The summed E-state index contributed by atoms with van der Waals surface area (Å²) in [6, 6.07) is 2.19. The third kappa shape index (κ3) is 2.16. The molecule has 0 unspecified atom stereocenters. The first-order chi connectivity index (χ1) is 7.99. The van der Waals surface area contributed by atoms with E-state index in [0.717, 1.165) is 22.4 Å². The SMILES string of the molecule is Cc1cnn(-c2c(F)cc(C(N)=S)cc2F)c1. The average molecular weight is 253 g/mol. The van der Waals surface area contributed by atoms with Gasteiger partial charge in [0, 0.05) is 11.8 Å². The van der Waals surface area contributed by atoms with Crippen LogP contribution in [0.3, 0.4) is 0 Å². The molecule has 0 aliphatic carbocycles. The van der Waals surface area contributed by atoms with Gasteiger partial charge in [-0.2, -0.15) is 5.10 Å². The zero-order valence-electron chi connectivity index (χ0n) is 8.95. The largest absolute Gasteiger partial charge is 0.389 e. The predicted octanol–water partition coefficient (Wildman–Crippen LogP) is 2.09. The Kier molecular flexibility index (Phi) is 2.89. The maximum atomic E-state index is 13.8. The Labute approximate surface area is 102 Å². The Morgan fingerprint density at radius 2 is 1.94 bits per heavy atom. The number of nitrogens with zero attached hydrogens (tertiary/aromatic N) is 2. The molecule has 0 aliphatic rings. The lowest BCUT2D eigenvalue weighted by Gasteiger charge is -2.07. The summed E-state index contributed by atoms with van der Waals surface area (Å²) < 4.78 is 28.6. The van der Waals surface area contributed by atoms with Crippen molar-refractivity contribution in [2.45, 2.75) is 6.92 Å². The lowest BCUT2D eigenvalue weighted by Crippen LogP contribution is -2.12. The van der Waals surface area contributed by atoms with Gasteiger partial charge < -0.3 is 5.73 Å². The van der Waals surface area contributed by atoms with Crippen molar-refractivity contribution in [3.8, 4) is 5.69 Å². The number of nitrogens with two attached hydrogens (primary N) is 1. The van der Waals surface area contributed by atoms with Gasteiger partial charge in [0.1, 0.15) is 10.7 Å². The molecular weight excluding hydrogens is 244 g/mol. The van der Waals surface area contributed by atoms with E-state index in [-0.39, 0.29) is 16.2 Å². The molecule has 88 valence electrons. The van der Waals surface area contributed by atoms with Crippen LogP contribution in [0.25, 0.3) is 5.69 Å². The molecule has 0 fully saturated rings. The zero-order chi connectivity index (χ0) is 12.6. The summed E-state index contributed by atoms with van der Waals surface area (Å²) in [4.78, 5) is -0.0500. The van der Waals surface area contributed by atoms with Gasteiger partial charge in [-0.25, -0.2) is 13.5 Å². The Morgan fingerprint density at radius 1 is 1.35 bits per heavy atom. The van der Waals surface area contributed by atoms with Gasteiger partial charge in [0.2, 0.25) is 0 Å². The molecule has 17 heavy (non-hydrogen) atoms. The van der Waals surface area contributed by atoms with Gasteiger partial charge in [-0.1, -0.05) is 12.2 Å². The minimum Gasteiger partial charge on any atom is -0.389 e. The molecular formula is C11H9F2N3S. The van der Waals surface area contributed by atoms with Gasteiger partial charge >= 0.3 is 0 Å². The van der Waals surface area contributed by atoms with Gasteiger partial charge in [0.05, 0.1) is 6.20 Å². The fraction of sp³-hybridized carbons (Fsp3) is 0.0909. The van der Waals surface area contributed by atoms with E-state index in [1.54, 1.807) is 6.92 Å². The summed E-state index contributed by atoms with van der Waals surface area (Å²) in [7, 11) is 0. The number of thiocarbonyl (C=S) groups is 1. The van der Waals surface area contributed by atoms with Crippen LogP contribution in [0.2, 0.25) is 0 Å². The van der Waals surface area contributed by atoms with Crippen LogP contribution in [0.5, 0.6) is 0 Å². The van der Waals surface area contributed by atoms with Gasteiger partial charge in [0.25, 0.3) is 0 Å². The van der Waals surface area contributed by atoms with Crippen molar-refractivity contribution in [2.24, 2.45) is 5.73 Å². The molecule has 0 bridgehead atoms. The second-order valence-corrected chi connectivity index (χ2v) is 4.05. The Hall–Kier alpha value is -1.82. The van der Waals surface area contributed by atoms with Crippen molar-refractivity contribution in [1.82, 2.24) is 9.78 Å². The van der Waals surface area contributed by atoms with E-state index < -0.39 is 11.6 Å². The first-order valence-corrected chi connectivity index (χ1v) is 5.20. The maximum absolute atomic E-state index is 13.8. The Bertz CT molecular complexity index is 569. The molecule has 0 atom stereocenters. The van der Waals surface area contributed by atoms with Gasteiger partial charge in [-0.3, -0.25) is 0 Å². The number of rotatable bonds is 2. The van der Waals surface area contributed by atoms with Gasteiger partial charge in [-0.05, 0) is 24.6 Å². The fourth-order valence-corrected chi connectivity index (χ4v) is 1.58. The monoisotopic (exact) mass is 253 g/mol. The highest BCUT2D eigenvalue weighted by atomic mass is 32.1. The van der Waals surface area contributed by atoms with E-state index in [1.807, 2.05) is 0 Å². The predicted molar refractivity (Wildman–Crippen MR) is 64.1 cm³/mol. The summed E-state index contributed by atoms with van der Waals surface area (Å²) in [6.45, 7) is 1.78. The summed E-state index contributed by atoms with van der Waals surface area (Å²) in [5.41, 5.74) is 6.05. The molecule has 0 radical (unpaired) electrons. The molecule has 1 aromatic heterocycles. The number of benzene rings is 1.